The Balaban J connectivity index is 1.71. The van der Waals surface area contributed by atoms with Crippen molar-refractivity contribution in [3.8, 4) is 11.8 Å². The van der Waals surface area contributed by atoms with Crippen LogP contribution in [0.4, 0.5) is 0 Å². The minimum Gasteiger partial charge on any atom is -0.423 e. The van der Waals surface area contributed by atoms with Gasteiger partial charge < -0.3 is 10.1 Å². The first-order valence-corrected chi connectivity index (χ1v) is 7.50. The summed E-state index contributed by atoms with van der Waals surface area (Å²) in [6.07, 6.45) is 4.40. The van der Waals surface area contributed by atoms with Crippen molar-refractivity contribution in [3.05, 3.63) is 46.2 Å². The van der Waals surface area contributed by atoms with Gasteiger partial charge in [-0.25, -0.2) is 4.98 Å². The zero-order valence-electron chi connectivity index (χ0n) is 11.3. The lowest BCUT2D eigenvalue weighted by atomic mass is 10.2. The molecule has 0 radical (unpaired) electrons. The van der Waals surface area contributed by atoms with Gasteiger partial charge in [-0.05, 0) is 47.8 Å². The van der Waals surface area contributed by atoms with Gasteiger partial charge in [-0.2, -0.15) is 4.98 Å². The van der Waals surface area contributed by atoms with Crippen LogP contribution in [-0.4, -0.2) is 16.0 Å². The molecular formula is C15H16BrN3O. The minimum atomic E-state index is 0.379. The van der Waals surface area contributed by atoms with E-state index in [9.17, 15) is 0 Å². The molecule has 1 aliphatic carbocycles. The number of hydrogen-bond donors (Lipinski definition) is 1. The van der Waals surface area contributed by atoms with Crippen molar-refractivity contribution in [2.24, 2.45) is 0 Å². The fourth-order valence-corrected chi connectivity index (χ4v) is 2.23. The predicted molar refractivity (Wildman–Crippen MR) is 80.8 cm³/mol. The van der Waals surface area contributed by atoms with Gasteiger partial charge in [-0.15, -0.1) is 0 Å². The number of nitrogens with one attached hydrogen (secondary N) is 1. The van der Waals surface area contributed by atoms with Crippen LogP contribution in [0.15, 0.2) is 34.9 Å². The first-order valence-electron chi connectivity index (χ1n) is 6.70. The highest BCUT2D eigenvalue weighted by atomic mass is 79.9. The SMILES string of the molecule is Cc1nc(Oc2ccccc2Br)ncc1CNC1CC1. The molecule has 0 saturated heterocycles. The number of rotatable bonds is 5. The van der Waals surface area contributed by atoms with E-state index in [1.54, 1.807) is 0 Å². The summed E-state index contributed by atoms with van der Waals surface area (Å²) >= 11 is 3.44. The number of nitrogens with zero attached hydrogens (tertiary/aromatic N) is 2. The second-order valence-corrected chi connectivity index (χ2v) is 5.81. The molecule has 1 N–H and O–H groups in total. The zero-order chi connectivity index (χ0) is 13.9. The molecule has 1 aromatic carbocycles. The lowest BCUT2D eigenvalue weighted by Gasteiger charge is -2.09. The summed E-state index contributed by atoms with van der Waals surface area (Å²) in [6, 6.07) is 8.73. The standard InChI is InChI=1S/C15H16BrN3O/c1-10-11(8-17-12-6-7-12)9-18-15(19-10)20-14-5-3-2-4-13(14)16/h2-5,9,12,17H,6-8H2,1H3. The molecule has 0 bridgehead atoms. The Bertz CT molecular complexity index is 614. The van der Waals surface area contributed by atoms with E-state index in [-0.39, 0.29) is 0 Å². The molecular weight excluding hydrogens is 318 g/mol. The monoisotopic (exact) mass is 333 g/mol. The van der Waals surface area contributed by atoms with Crippen LogP contribution in [0.2, 0.25) is 0 Å². The van der Waals surface area contributed by atoms with Crippen molar-refractivity contribution < 1.29 is 4.74 Å². The molecule has 0 atom stereocenters. The molecule has 3 rings (SSSR count). The van der Waals surface area contributed by atoms with Gasteiger partial charge in [-0.1, -0.05) is 12.1 Å². The number of benzene rings is 1. The van der Waals surface area contributed by atoms with E-state index in [0.717, 1.165) is 28.0 Å². The topological polar surface area (TPSA) is 47.0 Å². The molecule has 1 fully saturated rings. The Kier molecular flexibility index (Phi) is 3.98. The van der Waals surface area contributed by atoms with Crippen LogP contribution >= 0.6 is 15.9 Å². The molecule has 5 heteroatoms. The van der Waals surface area contributed by atoms with Gasteiger partial charge in [0.25, 0.3) is 0 Å². The number of para-hydroxylation sites is 1. The second kappa shape index (κ2) is 5.89. The number of ether oxygens (including phenoxy) is 1. The van der Waals surface area contributed by atoms with Gasteiger partial charge >= 0.3 is 6.01 Å². The lowest BCUT2D eigenvalue weighted by molar-refractivity contribution is 0.436. The highest BCUT2D eigenvalue weighted by Crippen LogP contribution is 2.27. The Morgan fingerprint density at radius 1 is 1.35 bits per heavy atom. The van der Waals surface area contributed by atoms with Crippen molar-refractivity contribution in [3.63, 3.8) is 0 Å². The maximum Gasteiger partial charge on any atom is 0.322 e. The molecule has 2 aromatic rings. The summed E-state index contributed by atoms with van der Waals surface area (Å²) in [5.41, 5.74) is 2.08. The largest absolute Gasteiger partial charge is 0.423 e. The van der Waals surface area contributed by atoms with E-state index >= 15 is 0 Å². The molecule has 0 unspecified atom stereocenters. The number of halogens is 1. The first-order chi connectivity index (χ1) is 9.72. The summed E-state index contributed by atoms with van der Waals surface area (Å²) in [5.74, 6) is 0.718. The fourth-order valence-electron chi connectivity index (χ4n) is 1.86. The number of aromatic nitrogens is 2. The average molecular weight is 334 g/mol. The molecule has 0 spiro atoms. The quantitative estimate of drug-likeness (QED) is 0.908. The Morgan fingerprint density at radius 2 is 2.15 bits per heavy atom. The van der Waals surface area contributed by atoms with Gasteiger partial charge in [0.15, 0.2) is 0 Å². The summed E-state index contributed by atoms with van der Waals surface area (Å²) in [5, 5.41) is 3.46. The molecule has 104 valence electrons. The Hall–Kier alpha value is -1.46. The summed E-state index contributed by atoms with van der Waals surface area (Å²) in [7, 11) is 0. The van der Waals surface area contributed by atoms with Gasteiger partial charge in [0.2, 0.25) is 0 Å². The molecule has 20 heavy (non-hydrogen) atoms. The van der Waals surface area contributed by atoms with Crippen molar-refractivity contribution >= 4 is 15.9 Å². The van der Waals surface area contributed by atoms with Gasteiger partial charge in [0.1, 0.15) is 5.75 Å². The van der Waals surface area contributed by atoms with Crippen LogP contribution in [0.1, 0.15) is 24.1 Å². The van der Waals surface area contributed by atoms with E-state index in [1.165, 1.54) is 12.8 Å². The van der Waals surface area contributed by atoms with E-state index in [4.69, 9.17) is 4.74 Å². The van der Waals surface area contributed by atoms with Crippen molar-refractivity contribution in [2.45, 2.75) is 32.4 Å². The maximum absolute atomic E-state index is 5.69. The summed E-state index contributed by atoms with van der Waals surface area (Å²) < 4.78 is 6.58. The third kappa shape index (κ3) is 3.35. The van der Waals surface area contributed by atoms with E-state index in [0.29, 0.717) is 12.1 Å². The smallest absolute Gasteiger partial charge is 0.322 e. The molecule has 1 saturated carbocycles. The van der Waals surface area contributed by atoms with Gasteiger partial charge in [0, 0.05) is 30.0 Å². The number of aryl methyl sites for hydroxylation is 1. The first kappa shape index (κ1) is 13.5. The molecule has 1 aliphatic rings. The van der Waals surface area contributed by atoms with Crippen LogP contribution in [0.25, 0.3) is 0 Å². The van der Waals surface area contributed by atoms with Crippen LogP contribution in [-0.2, 0) is 6.54 Å². The Morgan fingerprint density at radius 3 is 2.85 bits per heavy atom. The lowest BCUT2D eigenvalue weighted by Crippen LogP contribution is -2.16. The van der Waals surface area contributed by atoms with E-state index in [2.05, 4.69) is 31.2 Å². The van der Waals surface area contributed by atoms with Crippen LogP contribution in [0, 0.1) is 6.92 Å². The third-order valence-electron chi connectivity index (χ3n) is 3.26. The van der Waals surface area contributed by atoms with Crippen molar-refractivity contribution in [2.75, 3.05) is 0 Å². The van der Waals surface area contributed by atoms with Crippen LogP contribution in [0.5, 0.6) is 11.8 Å². The van der Waals surface area contributed by atoms with Crippen molar-refractivity contribution in [1.29, 1.82) is 0 Å². The molecule has 4 nitrogen and oxygen atoms in total. The maximum atomic E-state index is 5.69. The highest BCUT2D eigenvalue weighted by Gasteiger charge is 2.20. The van der Waals surface area contributed by atoms with E-state index < -0.39 is 0 Å². The molecule has 0 amide bonds. The second-order valence-electron chi connectivity index (χ2n) is 4.95. The molecule has 1 heterocycles. The minimum absolute atomic E-state index is 0.379. The number of hydrogen-bond acceptors (Lipinski definition) is 4. The Labute approximate surface area is 126 Å². The van der Waals surface area contributed by atoms with Crippen LogP contribution < -0.4 is 10.1 Å². The van der Waals surface area contributed by atoms with Gasteiger partial charge in [-0.3, -0.25) is 0 Å². The van der Waals surface area contributed by atoms with E-state index in [1.807, 2.05) is 37.4 Å². The zero-order valence-corrected chi connectivity index (χ0v) is 12.9. The summed E-state index contributed by atoms with van der Waals surface area (Å²) in [4.78, 5) is 8.69. The third-order valence-corrected chi connectivity index (χ3v) is 3.91. The molecule has 0 aliphatic heterocycles. The van der Waals surface area contributed by atoms with Gasteiger partial charge in [0.05, 0.1) is 4.47 Å². The summed E-state index contributed by atoms with van der Waals surface area (Å²) in [6.45, 7) is 2.81. The van der Waals surface area contributed by atoms with Crippen LogP contribution in [0.3, 0.4) is 0 Å². The molecule has 1 aromatic heterocycles. The normalized spacial score (nSPS) is 14.3. The highest BCUT2D eigenvalue weighted by molar-refractivity contribution is 9.10. The predicted octanol–water partition coefficient (Wildman–Crippen LogP) is 3.59. The van der Waals surface area contributed by atoms with Crippen molar-refractivity contribution in [1.82, 2.24) is 15.3 Å². The average Bonchev–Trinajstić information content (AvgIpc) is 3.25. The fraction of sp³-hybridized carbons (Fsp3) is 0.333.